The first-order valence-electron chi connectivity index (χ1n) is 14.9. The van der Waals surface area contributed by atoms with E-state index in [1.807, 2.05) is 0 Å². The third kappa shape index (κ3) is 6.43. The second-order valence-corrected chi connectivity index (χ2v) is 15.2. The van der Waals surface area contributed by atoms with Crippen molar-refractivity contribution in [1.82, 2.24) is 4.90 Å². The van der Waals surface area contributed by atoms with Crippen LogP contribution in [-0.2, 0) is 24.3 Å². The van der Waals surface area contributed by atoms with Crippen molar-refractivity contribution >= 4 is 50.8 Å². The van der Waals surface area contributed by atoms with Gasteiger partial charge < -0.3 is 14.7 Å². The van der Waals surface area contributed by atoms with E-state index in [-0.39, 0.29) is 18.2 Å². The molecule has 3 aromatic rings. The molecule has 3 aromatic carbocycles. The highest BCUT2D eigenvalue weighted by Gasteiger charge is 2.56. The number of benzene rings is 3. The predicted octanol–water partition coefficient (Wildman–Crippen LogP) is 6.78. The molecule has 3 fully saturated rings. The molecule has 2 saturated carbocycles. The van der Waals surface area contributed by atoms with Crippen LogP contribution in [0.3, 0.4) is 0 Å². The molecule has 0 radical (unpaired) electrons. The lowest BCUT2D eigenvalue weighted by Gasteiger charge is -2.52. The number of hydrogen-bond donors (Lipinski definition) is 1. The maximum atomic E-state index is 15.3. The monoisotopic (exact) mass is 674 g/mol. The normalized spacial score (nSPS) is 24.4. The zero-order valence-electron chi connectivity index (χ0n) is 24.5. The highest BCUT2D eigenvalue weighted by Crippen LogP contribution is 2.51. The molecule has 6 rings (SSSR count). The molecule has 1 aliphatic heterocycles. The minimum Gasteiger partial charge on any atom is -0.481 e. The lowest BCUT2D eigenvalue weighted by molar-refractivity contribution is -0.207. The summed E-state index contributed by atoms with van der Waals surface area (Å²) in [7, 11) is -3.97. The standard InChI is InChI=1S/C33H33Cl2FN2O6S/c1-33(18-29(39)40)32(41)38(30(21-11-13-23(34)14-12-21)31(44-33)22-5-4-6-24(35)17-22)28(20-9-10-20)19-37(45(42,43)25-15-16-25)27-8-3-2-7-26(27)36/h2-8,11-14,17,20,25,28,30-31H,9-10,15-16,18-19H2,1H3,(H,39,40)/t28-,30-,31-,33-/m1/s1. The molecule has 4 atom stereocenters. The van der Waals surface area contributed by atoms with Crippen LogP contribution in [-0.4, -0.2) is 53.7 Å². The molecule has 0 aromatic heterocycles. The minimum atomic E-state index is -3.97. The number of ether oxygens (including phenoxy) is 1. The van der Waals surface area contributed by atoms with Gasteiger partial charge in [0, 0.05) is 10.0 Å². The van der Waals surface area contributed by atoms with Crippen LogP contribution in [0.4, 0.5) is 10.1 Å². The third-order valence-corrected chi connectivity index (χ3v) is 11.5. The molecule has 0 unspecified atom stereocenters. The van der Waals surface area contributed by atoms with Gasteiger partial charge in [-0.15, -0.1) is 0 Å². The Balaban J connectivity index is 1.53. The van der Waals surface area contributed by atoms with Crippen LogP contribution in [0.15, 0.2) is 72.8 Å². The van der Waals surface area contributed by atoms with Crippen molar-refractivity contribution in [2.75, 3.05) is 10.8 Å². The van der Waals surface area contributed by atoms with E-state index < -0.39 is 63.2 Å². The van der Waals surface area contributed by atoms with Crippen LogP contribution in [0.1, 0.15) is 62.3 Å². The second kappa shape index (κ2) is 12.2. The van der Waals surface area contributed by atoms with Crippen molar-refractivity contribution in [1.29, 1.82) is 0 Å². The number of carbonyl (C=O) groups excluding carboxylic acids is 1. The van der Waals surface area contributed by atoms with E-state index in [1.165, 1.54) is 25.1 Å². The number of anilines is 1. The van der Waals surface area contributed by atoms with Crippen LogP contribution in [0.2, 0.25) is 10.0 Å². The van der Waals surface area contributed by atoms with Gasteiger partial charge in [-0.1, -0.05) is 59.6 Å². The number of para-hydroxylation sites is 1. The number of nitrogens with zero attached hydrogens (tertiary/aromatic N) is 2. The molecule has 3 aliphatic rings. The Morgan fingerprint density at radius 3 is 2.31 bits per heavy atom. The first-order chi connectivity index (χ1) is 21.4. The number of aliphatic carboxylic acids is 1. The Labute approximate surface area is 271 Å². The number of morpholine rings is 1. The Kier molecular flexibility index (Phi) is 8.62. The third-order valence-electron chi connectivity index (χ3n) is 8.79. The summed E-state index contributed by atoms with van der Waals surface area (Å²) < 4.78 is 50.7. The molecule has 1 saturated heterocycles. The van der Waals surface area contributed by atoms with Crippen LogP contribution < -0.4 is 4.31 Å². The molecular formula is C33H33Cl2FN2O6S. The van der Waals surface area contributed by atoms with Crippen LogP contribution in [0, 0.1) is 11.7 Å². The van der Waals surface area contributed by atoms with Gasteiger partial charge in [-0.3, -0.25) is 13.9 Å². The van der Waals surface area contributed by atoms with E-state index in [1.54, 1.807) is 59.5 Å². The topological polar surface area (TPSA) is 104 Å². The average molecular weight is 676 g/mol. The number of carbonyl (C=O) groups is 2. The fraction of sp³-hybridized carbons (Fsp3) is 0.394. The number of amides is 1. The SMILES string of the molecule is C[C@]1(CC(=O)O)O[C@H](c2cccc(Cl)c2)[C@@H](c2ccc(Cl)cc2)N([C@H](CN(c2ccccc2F)S(=O)(=O)C2CC2)C2CC2)C1=O. The van der Waals surface area contributed by atoms with E-state index in [0.717, 1.165) is 4.31 Å². The van der Waals surface area contributed by atoms with Crippen molar-refractivity contribution in [2.45, 2.75) is 68.1 Å². The first kappa shape index (κ1) is 31.8. The first-order valence-corrected chi connectivity index (χ1v) is 17.1. The van der Waals surface area contributed by atoms with Gasteiger partial charge in [0.2, 0.25) is 10.0 Å². The summed E-state index contributed by atoms with van der Waals surface area (Å²) in [5.74, 6) is -2.61. The number of hydrogen-bond acceptors (Lipinski definition) is 5. The summed E-state index contributed by atoms with van der Waals surface area (Å²) >= 11 is 12.7. The number of halogens is 3. The van der Waals surface area contributed by atoms with Gasteiger partial charge in [-0.25, -0.2) is 12.8 Å². The second-order valence-electron chi connectivity index (χ2n) is 12.2. The largest absolute Gasteiger partial charge is 0.481 e. The fourth-order valence-corrected chi connectivity index (χ4v) is 8.49. The number of rotatable bonds is 11. The summed E-state index contributed by atoms with van der Waals surface area (Å²) in [6, 6.07) is 18.0. The Morgan fingerprint density at radius 1 is 1.02 bits per heavy atom. The van der Waals surface area contributed by atoms with Crippen molar-refractivity contribution in [2.24, 2.45) is 5.92 Å². The molecule has 1 N–H and O–H groups in total. The van der Waals surface area contributed by atoms with Crippen molar-refractivity contribution < 1.29 is 32.2 Å². The molecule has 0 spiro atoms. The minimum absolute atomic E-state index is 0.0847. The summed E-state index contributed by atoms with van der Waals surface area (Å²) in [6.45, 7) is 1.25. The quantitative estimate of drug-likeness (QED) is 0.240. The number of sulfonamides is 1. The molecule has 238 valence electrons. The molecule has 0 bridgehead atoms. The summed E-state index contributed by atoms with van der Waals surface area (Å²) in [5.41, 5.74) is -0.614. The van der Waals surface area contributed by atoms with Gasteiger partial charge in [-0.05, 0) is 86.1 Å². The maximum Gasteiger partial charge on any atom is 0.306 e. The summed E-state index contributed by atoms with van der Waals surface area (Å²) in [6.07, 6.45) is 0.873. The Morgan fingerprint density at radius 2 is 1.71 bits per heavy atom. The zero-order valence-corrected chi connectivity index (χ0v) is 26.8. The van der Waals surface area contributed by atoms with Gasteiger partial charge >= 0.3 is 5.97 Å². The van der Waals surface area contributed by atoms with E-state index in [4.69, 9.17) is 27.9 Å². The van der Waals surface area contributed by atoms with E-state index >= 15 is 4.39 Å². The Bertz CT molecular complexity index is 1720. The molecule has 45 heavy (non-hydrogen) atoms. The summed E-state index contributed by atoms with van der Waals surface area (Å²) in [5, 5.41) is 10.2. The predicted molar refractivity (Wildman–Crippen MR) is 169 cm³/mol. The van der Waals surface area contributed by atoms with E-state index in [2.05, 4.69) is 0 Å². The van der Waals surface area contributed by atoms with Crippen molar-refractivity contribution in [3.05, 3.63) is 99.8 Å². The van der Waals surface area contributed by atoms with Gasteiger partial charge in [0.15, 0.2) is 5.60 Å². The summed E-state index contributed by atoms with van der Waals surface area (Å²) in [4.78, 5) is 28.4. The molecule has 8 nitrogen and oxygen atoms in total. The maximum absolute atomic E-state index is 15.3. The number of carboxylic acid groups (broad SMARTS) is 1. The molecule has 12 heteroatoms. The Hall–Kier alpha value is -3.18. The van der Waals surface area contributed by atoms with Gasteiger partial charge in [0.1, 0.15) is 11.9 Å². The average Bonchev–Trinajstić information content (AvgIpc) is 3.90. The smallest absolute Gasteiger partial charge is 0.306 e. The van der Waals surface area contributed by atoms with E-state index in [0.29, 0.717) is 46.9 Å². The highest BCUT2D eigenvalue weighted by molar-refractivity contribution is 7.93. The highest BCUT2D eigenvalue weighted by atomic mass is 35.5. The van der Waals surface area contributed by atoms with Gasteiger partial charge in [0.25, 0.3) is 5.91 Å². The van der Waals surface area contributed by atoms with Crippen LogP contribution in [0.25, 0.3) is 0 Å². The molecule has 1 amide bonds. The fourth-order valence-electron chi connectivity index (χ4n) is 6.29. The van der Waals surface area contributed by atoms with Crippen molar-refractivity contribution in [3.8, 4) is 0 Å². The molecule has 1 heterocycles. The van der Waals surface area contributed by atoms with Crippen LogP contribution >= 0.6 is 23.2 Å². The lowest BCUT2D eigenvalue weighted by atomic mass is 9.85. The van der Waals surface area contributed by atoms with Gasteiger partial charge in [0.05, 0.1) is 36.0 Å². The molecule has 2 aliphatic carbocycles. The lowest BCUT2D eigenvalue weighted by Crippen LogP contribution is -2.63. The zero-order chi connectivity index (χ0) is 32.1. The van der Waals surface area contributed by atoms with Crippen LogP contribution in [0.5, 0.6) is 0 Å². The van der Waals surface area contributed by atoms with Gasteiger partial charge in [-0.2, -0.15) is 0 Å². The van der Waals surface area contributed by atoms with Crippen molar-refractivity contribution in [3.63, 3.8) is 0 Å². The van der Waals surface area contributed by atoms with E-state index in [9.17, 15) is 23.1 Å². The number of carboxylic acids is 1. The molecular weight excluding hydrogens is 642 g/mol.